The second kappa shape index (κ2) is 9.89. The molecule has 2 aliphatic heterocycles. The summed E-state index contributed by atoms with van der Waals surface area (Å²) in [6.45, 7) is 9.94. The SMILES string of the molecule is CC(C)(C)NC(=O)CN1CCCN(CC(=O)Nc2ccc3c(c2)OC2(CCCCC2)O3)CC1. The molecule has 0 aromatic heterocycles. The molecule has 0 unspecified atom stereocenters. The van der Waals surface area contributed by atoms with Crippen LogP contribution >= 0.6 is 0 Å². The van der Waals surface area contributed by atoms with Crippen LogP contribution in [0.5, 0.6) is 11.5 Å². The lowest BCUT2D eigenvalue weighted by molar-refractivity contribution is -0.123. The predicted molar refractivity (Wildman–Crippen MR) is 128 cm³/mol. The van der Waals surface area contributed by atoms with Gasteiger partial charge in [-0.2, -0.15) is 0 Å². The third kappa shape index (κ3) is 6.60. The zero-order valence-electron chi connectivity index (χ0n) is 20.2. The summed E-state index contributed by atoms with van der Waals surface area (Å²) in [5, 5.41) is 6.02. The molecule has 1 saturated heterocycles. The van der Waals surface area contributed by atoms with Gasteiger partial charge in [0.2, 0.25) is 11.8 Å². The van der Waals surface area contributed by atoms with Gasteiger partial charge in [0, 0.05) is 43.2 Å². The summed E-state index contributed by atoms with van der Waals surface area (Å²) in [6, 6.07) is 5.63. The van der Waals surface area contributed by atoms with Crippen molar-refractivity contribution in [1.29, 1.82) is 0 Å². The highest BCUT2D eigenvalue weighted by atomic mass is 16.7. The Labute approximate surface area is 197 Å². The van der Waals surface area contributed by atoms with E-state index < -0.39 is 5.79 Å². The van der Waals surface area contributed by atoms with Crippen molar-refractivity contribution in [2.24, 2.45) is 0 Å². The summed E-state index contributed by atoms with van der Waals surface area (Å²) in [4.78, 5) is 29.3. The minimum atomic E-state index is -0.509. The van der Waals surface area contributed by atoms with Crippen molar-refractivity contribution in [3.63, 3.8) is 0 Å². The number of ether oxygens (including phenoxy) is 2. The van der Waals surface area contributed by atoms with Crippen molar-refractivity contribution >= 4 is 17.5 Å². The lowest BCUT2D eigenvalue weighted by atomic mass is 9.94. The fraction of sp³-hybridized carbons (Fsp3) is 0.680. The van der Waals surface area contributed by atoms with E-state index in [1.54, 1.807) is 0 Å². The van der Waals surface area contributed by atoms with Crippen molar-refractivity contribution in [1.82, 2.24) is 15.1 Å². The minimum absolute atomic E-state index is 0.0415. The van der Waals surface area contributed by atoms with Crippen molar-refractivity contribution in [3.05, 3.63) is 18.2 Å². The largest absolute Gasteiger partial charge is 0.448 e. The Kier molecular flexibility index (Phi) is 7.14. The van der Waals surface area contributed by atoms with Gasteiger partial charge in [-0.25, -0.2) is 0 Å². The standard InChI is InChI=1S/C25H38N4O4/c1-24(2,3)27-23(31)18-29-13-7-12-28(14-15-29)17-22(30)26-19-8-9-20-21(16-19)33-25(32-20)10-5-4-6-11-25/h8-9,16H,4-7,10-15,17-18H2,1-3H3,(H,26,30)(H,27,31). The van der Waals surface area contributed by atoms with Gasteiger partial charge < -0.3 is 20.1 Å². The third-order valence-corrected chi connectivity index (χ3v) is 6.36. The Morgan fingerprint density at radius 1 is 0.879 bits per heavy atom. The number of benzene rings is 1. The van der Waals surface area contributed by atoms with E-state index in [0.717, 1.165) is 69.7 Å². The molecule has 1 saturated carbocycles. The van der Waals surface area contributed by atoms with E-state index in [2.05, 4.69) is 20.4 Å². The second-order valence-corrected chi connectivity index (χ2v) is 10.6. The van der Waals surface area contributed by atoms with Crippen LogP contribution in [0.2, 0.25) is 0 Å². The van der Waals surface area contributed by atoms with Crippen LogP contribution in [0.15, 0.2) is 18.2 Å². The number of nitrogens with zero attached hydrogens (tertiary/aromatic N) is 2. The van der Waals surface area contributed by atoms with Gasteiger partial charge in [0.15, 0.2) is 11.5 Å². The summed E-state index contributed by atoms with van der Waals surface area (Å²) in [6.07, 6.45) is 6.21. The van der Waals surface area contributed by atoms with Gasteiger partial charge in [-0.3, -0.25) is 19.4 Å². The van der Waals surface area contributed by atoms with E-state index >= 15 is 0 Å². The van der Waals surface area contributed by atoms with Gasteiger partial charge in [0.25, 0.3) is 5.79 Å². The molecule has 2 N–H and O–H groups in total. The molecule has 0 bridgehead atoms. The summed E-state index contributed by atoms with van der Waals surface area (Å²) < 4.78 is 12.3. The van der Waals surface area contributed by atoms with Gasteiger partial charge in [-0.1, -0.05) is 6.42 Å². The summed E-state index contributed by atoms with van der Waals surface area (Å²) in [5.74, 6) is 0.976. The fourth-order valence-corrected chi connectivity index (χ4v) is 4.87. The maximum atomic E-state index is 12.7. The fourth-order valence-electron chi connectivity index (χ4n) is 4.87. The normalized spacial score (nSPS) is 20.9. The molecule has 1 aromatic rings. The van der Waals surface area contributed by atoms with Crippen LogP contribution in [0, 0.1) is 0 Å². The number of hydrogen-bond donors (Lipinski definition) is 2. The molecule has 8 nitrogen and oxygen atoms in total. The van der Waals surface area contributed by atoms with E-state index in [4.69, 9.17) is 9.47 Å². The quantitative estimate of drug-likeness (QED) is 0.706. The molecule has 2 amide bonds. The van der Waals surface area contributed by atoms with Gasteiger partial charge in [0.05, 0.1) is 13.1 Å². The van der Waals surface area contributed by atoms with Crippen LogP contribution in [0.1, 0.15) is 59.3 Å². The first-order valence-corrected chi connectivity index (χ1v) is 12.3. The molecule has 3 aliphatic rings. The number of anilines is 1. The van der Waals surface area contributed by atoms with E-state index in [0.29, 0.717) is 18.8 Å². The summed E-state index contributed by atoms with van der Waals surface area (Å²) >= 11 is 0. The summed E-state index contributed by atoms with van der Waals surface area (Å²) in [7, 11) is 0. The molecule has 2 heterocycles. The topological polar surface area (TPSA) is 83.1 Å². The van der Waals surface area contributed by atoms with Crippen LogP contribution < -0.4 is 20.1 Å². The number of carbonyl (C=O) groups is 2. The van der Waals surface area contributed by atoms with Crippen LogP contribution in [0.25, 0.3) is 0 Å². The maximum absolute atomic E-state index is 12.7. The molecule has 33 heavy (non-hydrogen) atoms. The number of nitrogens with one attached hydrogen (secondary N) is 2. The molecule has 8 heteroatoms. The lowest BCUT2D eigenvalue weighted by Crippen LogP contribution is -2.46. The highest BCUT2D eigenvalue weighted by molar-refractivity contribution is 5.92. The Morgan fingerprint density at radius 2 is 1.52 bits per heavy atom. The van der Waals surface area contributed by atoms with Gasteiger partial charge in [-0.15, -0.1) is 0 Å². The van der Waals surface area contributed by atoms with Crippen LogP contribution in [0.3, 0.4) is 0 Å². The molecule has 4 rings (SSSR count). The van der Waals surface area contributed by atoms with Crippen LogP contribution in [-0.2, 0) is 9.59 Å². The smallest absolute Gasteiger partial charge is 0.251 e. The number of fused-ring (bicyclic) bond motifs is 1. The lowest BCUT2D eigenvalue weighted by Gasteiger charge is -2.31. The Balaban J connectivity index is 1.24. The second-order valence-electron chi connectivity index (χ2n) is 10.6. The zero-order chi connectivity index (χ0) is 23.5. The Hall–Kier alpha value is -2.32. The molecule has 182 valence electrons. The van der Waals surface area contributed by atoms with Gasteiger partial charge in [0.1, 0.15) is 0 Å². The molecule has 1 aliphatic carbocycles. The number of hydrogen-bond acceptors (Lipinski definition) is 6. The molecule has 0 atom stereocenters. The van der Waals surface area contributed by atoms with Gasteiger partial charge in [-0.05, 0) is 65.3 Å². The predicted octanol–water partition coefficient (Wildman–Crippen LogP) is 2.98. The average Bonchev–Trinajstić information content (AvgIpc) is 2.91. The summed E-state index contributed by atoms with van der Waals surface area (Å²) in [5.41, 5.74) is 0.504. The van der Waals surface area contributed by atoms with E-state index in [1.807, 2.05) is 39.0 Å². The zero-order valence-corrected chi connectivity index (χ0v) is 20.2. The molecular formula is C25H38N4O4. The van der Waals surface area contributed by atoms with E-state index in [9.17, 15) is 9.59 Å². The number of carbonyl (C=O) groups excluding carboxylic acids is 2. The maximum Gasteiger partial charge on any atom is 0.251 e. The van der Waals surface area contributed by atoms with Crippen molar-refractivity contribution in [2.75, 3.05) is 44.6 Å². The first kappa shape index (κ1) is 23.8. The molecule has 0 radical (unpaired) electrons. The first-order chi connectivity index (χ1) is 15.7. The van der Waals surface area contributed by atoms with Crippen molar-refractivity contribution < 1.29 is 19.1 Å². The molecule has 1 aromatic carbocycles. The Bertz CT molecular complexity index is 860. The molecular weight excluding hydrogens is 420 g/mol. The van der Waals surface area contributed by atoms with E-state index in [1.165, 1.54) is 6.42 Å². The van der Waals surface area contributed by atoms with Gasteiger partial charge >= 0.3 is 0 Å². The molecule has 2 fully saturated rings. The molecule has 1 spiro atoms. The average molecular weight is 459 g/mol. The van der Waals surface area contributed by atoms with Crippen LogP contribution in [-0.4, -0.2) is 72.2 Å². The minimum Gasteiger partial charge on any atom is -0.448 e. The highest BCUT2D eigenvalue weighted by Crippen LogP contribution is 2.46. The number of rotatable bonds is 5. The van der Waals surface area contributed by atoms with Crippen molar-refractivity contribution in [2.45, 2.75) is 70.6 Å². The third-order valence-electron chi connectivity index (χ3n) is 6.36. The first-order valence-electron chi connectivity index (χ1n) is 12.3. The van der Waals surface area contributed by atoms with Crippen molar-refractivity contribution in [3.8, 4) is 11.5 Å². The number of amides is 2. The Morgan fingerprint density at radius 3 is 2.18 bits per heavy atom. The monoisotopic (exact) mass is 458 g/mol. The van der Waals surface area contributed by atoms with E-state index in [-0.39, 0.29) is 17.4 Å². The highest BCUT2D eigenvalue weighted by Gasteiger charge is 2.42. The van der Waals surface area contributed by atoms with Crippen LogP contribution in [0.4, 0.5) is 5.69 Å².